The number of rotatable bonds is 5. The third kappa shape index (κ3) is 4.43. The van der Waals surface area contributed by atoms with Crippen LogP contribution in [0.2, 0.25) is 5.02 Å². The SMILES string of the molecule is CC(C)Oc1ccc(NCc2cc(Br)ccc2Cl)cc1. The fraction of sp³-hybridized carbons (Fsp3) is 0.250. The fourth-order valence-corrected chi connectivity index (χ4v) is 2.39. The van der Waals surface area contributed by atoms with Crippen molar-refractivity contribution in [2.75, 3.05) is 5.32 Å². The van der Waals surface area contributed by atoms with Crippen LogP contribution in [-0.4, -0.2) is 6.10 Å². The zero-order valence-corrected chi connectivity index (χ0v) is 13.8. The van der Waals surface area contributed by atoms with E-state index < -0.39 is 0 Å². The molecule has 0 radical (unpaired) electrons. The lowest BCUT2D eigenvalue weighted by Gasteiger charge is -2.12. The summed E-state index contributed by atoms with van der Waals surface area (Å²) >= 11 is 9.62. The second-order valence-electron chi connectivity index (χ2n) is 4.78. The highest BCUT2D eigenvalue weighted by Crippen LogP contribution is 2.23. The summed E-state index contributed by atoms with van der Waals surface area (Å²) in [6.45, 7) is 4.71. The minimum Gasteiger partial charge on any atom is -0.491 e. The van der Waals surface area contributed by atoms with Crippen molar-refractivity contribution in [1.82, 2.24) is 0 Å². The molecule has 0 bridgehead atoms. The molecule has 0 aliphatic rings. The molecule has 0 saturated carbocycles. The Labute approximate surface area is 133 Å². The molecule has 0 unspecified atom stereocenters. The van der Waals surface area contributed by atoms with Crippen molar-refractivity contribution in [2.24, 2.45) is 0 Å². The van der Waals surface area contributed by atoms with Crippen LogP contribution >= 0.6 is 27.5 Å². The Balaban J connectivity index is 1.98. The number of benzene rings is 2. The molecule has 0 heterocycles. The van der Waals surface area contributed by atoms with E-state index >= 15 is 0 Å². The highest BCUT2D eigenvalue weighted by atomic mass is 79.9. The normalized spacial score (nSPS) is 10.7. The second kappa shape index (κ2) is 7.00. The molecule has 0 aliphatic heterocycles. The van der Waals surface area contributed by atoms with Crippen molar-refractivity contribution >= 4 is 33.2 Å². The van der Waals surface area contributed by atoms with E-state index in [0.717, 1.165) is 26.5 Å². The van der Waals surface area contributed by atoms with Crippen LogP contribution in [0.4, 0.5) is 5.69 Å². The summed E-state index contributed by atoms with van der Waals surface area (Å²) < 4.78 is 6.64. The lowest BCUT2D eigenvalue weighted by atomic mass is 10.2. The molecule has 0 aromatic heterocycles. The predicted molar refractivity (Wildman–Crippen MR) is 88.7 cm³/mol. The standard InChI is InChI=1S/C16H17BrClNO/c1-11(2)20-15-6-4-14(5-7-15)19-10-12-9-13(17)3-8-16(12)18/h3-9,11,19H,10H2,1-2H3. The van der Waals surface area contributed by atoms with Crippen LogP contribution in [0, 0.1) is 0 Å². The number of ether oxygens (including phenoxy) is 1. The quantitative estimate of drug-likeness (QED) is 0.765. The number of hydrogen-bond acceptors (Lipinski definition) is 2. The van der Waals surface area contributed by atoms with Crippen LogP contribution in [0.3, 0.4) is 0 Å². The molecule has 0 amide bonds. The smallest absolute Gasteiger partial charge is 0.119 e. The molecule has 1 N–H and O–H groups in total. The molecule has 4 heteroatoms. The van der Waals surface area contributed by atoms with E-state index in [0.29, 0.717) is 6.54 Å². The van der Waals surface area contributed by atoms with Crippen molar-refractivity contribution in [1.29, 1.82) is 0 Å². The fourth-order valence-electron chi connectivity index (χ4n) is 1.80. The summed E-state index contributed by atoms with van der Waals surface area (Å²) in [7, 11) is 0. The molecule has 2 nitrogen and oxygen atoms in total. The van der Waals surface area contributed by atoms with Gasteiger partial charge in [0.1, 0.15) is 5.75 Å². The average molecular weight is 355 g/mol. The molecule has 106 valence electrons. The van der Waals surface area contributed by atoms with Crippen molar-refractivity contribution < 1.29 is 4.74 Å². The van der Waals surface area contributed by atoms with Gasteiger partial charge in [0.25, 0.3) is 0 Å². The summed E-state index contributed by atoms with van der Waals surface area (Å²) in [5.74, 6) is 0.881. The van der Waals surface area contributed by atoms with Crippen LogP contribution < -0.4 is 10.1 Å². The van der Waals surface area contributed by atoms with Gasteiger partial charge in [-0.2, -0.15) is 0 Å². The maximum atomic E-state index is 6.16. The first-order chi connectivity index (χ1) is 9.54. The number of halogens is 2. The molecular weight excluding hydrogens is 338 g/mol. The van der Waals surface area contributed by atoms with Gasteiger partial charge in [-0.05, 0) is 61.9 Å². The second-order valence-corrected chi connectivity index (χ2v) is 6.10. The van der Waals surface area contributed by atoms with Gasteiger partial charge in [0.15, 0.2) is 0 Å². The molecule has 0 fully saturated rings. The van der Waals surface area contributed by atoms with Crippen molar-refractivity contribution in [3.05, 3.63) is 57.5 Å². The van der Waals surface area contributed by atoms with Gasteiger partial charge in [-0.25, -0.2) is 0 Å². The summed E-state index contributed by atoms with van der Waals surface area (Å²) in [5.41, 5.74) is 2.10. The zero-order valence-electron chi connectivity index (χ0n) is 11.5. The van der Waals surface area contributed by atoms with E-state index in [-0.39, 0.29) is 6.10 Å². The Kier molecular flexibility index (Phi) is 5.32. The lowest BCUT2D eigenvalue weighted by Crippen LogP contribution is -2.05. The van der Waals surface area contributed by atoms with Crippen LogP contribution in [0.15, 0.2) is 46.9 Å². The molecule has 0 saturated heterocycles. The molecule has 2 aromatic carbocycles. The first-order valence-corrected chi connectivity index (χ1v) is 7.66. The molecular formula is C16H17BrClNO. The van der Waals surface area contributed by atoms with Gasteiger partial charge in [0.05, 0.1) is 6.10 Å². The highest BCUT2D eigenvalue weighted by molar-refractivity contribution is 9.10. The van der Waals surface area contributed by atoms with Gasteiger partial charge in [-0.15, -0.1) is 0 Å². The number of anilines is 1. The van der Waals surface area contributed by atoms with E-state index in [2.05, 4.69) is 21.2 Å². The predicted octanol–water partition coefficient (Wildman–Crippen LogP) is 5.50. The molecule has 0 aliphatic carbocycles. The number of hydrogen-bond donors (Lipinski definition) is 1. The van der Waals surface area contributed by atoms with Crippen molar-refractivity contribution in [2.45, 2.75) is 26.5 Å². The van der Waals surface area contributed by atoms with Gasteiger partial charge in [0, 0.05) is 21.7 Å². The van der Waals surface area contributed by atoms with Crippen LogP contribution in [0.5, 0.6) is 5.75 Å². The lowest BCUT2D eigenvalue weighted by molar-refractivity contribution is 0.242. The molecule has 0 spiro atoms. The van der Waals surface area contributed by atoms with Gasteiger partial charge >= 0.3 is 0 Å². The topological polar surface area (TPSA) is 21.3 Å². The Morgan fingerprint density at radius 2 is 1.85 bits per heavy atom. The minimum absolute atomic E-state index is 0.189. The van der Waals surface area contributed by atoms with Crippen LogP contribution in [0.1, 0.15) is 19.4 Å². The minimum atomic E-state index is 0.189. The van der Waals surface area contributed by atoms with Crippen LogP contribution in [0.25, 0.3) is 0 Å². The van der Waals surface area contributed by atoms with Crippen molar-refractivity contribution in [3.63, 3.8) is 0 Å². The van der Waals surface area contributed by atoms with Gasteiger partial charge in [0.2, 0.25) is 0 Å². The maximum Gasteiger partial charge on any atom is 0.119 e. The van der Waals surface area contributed by atoms with Gasteiger partial charge < -0.3 is 10.1 Å². The van der Waals surface area contributed by atoms with Crippen LogP contribution in [-0.2, 0) is 6.54 Å². The molecule has 2 aromatic rings. The summed E-state index contributed by atoms with van der Waals surface area (Å²) in [6.07, 6.45) is 0.189. The number of nitrogens with one attached hydrogen (secondary N) is 1. The van der Waals surface area contributed by atoms with Gasteiger partial charge in [-0.3, -0.25) is 0 Å². The Morgan fingerprint density at radius 3 is 2.50 bits per heavy atom. The summed E-state index contributed by atoms with van der Waals surface area (Å²) in [6, 6.07) is 13.8. The third-order valence-corrected chi connectivity index (χ3v) is 3.58. The van der Waals surface area contributed by atoms with E-state index in [9.17, 15) is 0 Å². The molecule has 20 heavy (non-hydrogen) atoms. The van der Waals surface area contributed by atoms with E-state index in [1.54, 1.807) is 0 Å². The molecule has 0 atom stereocenters. The van der Waals surface area contributed by atoms with E-state index in [1.165, 1.54) is 0 Å². The molecule has 2 rings (SSSR count). The zero-order chi connectivity index (χ0) is 14.5. The Bertz CT molecular complexity index is 569. The highest BCUT2D eigenvalue weighted by Gasteiger charge is 2.02. The first-order valence-electron chi connectivity index (χ1n) is 6.49. The Hall–Kier alpha value is -1.19. The monoisotopic (exact) mass is 353 g/mol. The van der Waals surface area contributed by atoms with E-state index in [4.69, 9.17) is 16.3 Å². The third-order valence-electron chi connectivity index (χ3n) is 2.72. The Morgan fingerprint density at radius 1 is 1.15 bits per heavy atom. The van der Waals surface area contributed by atoms with Gasteiger partial charge in [-0.1, -0.05) is 27.5 Å². The average Bonchev–Trinajstić information content (AvgIpc) is 2.41. The first kappa shape index (κ1) is 15.2. The summed E-state index contributed by atoms with van der Waals surface area (Å²) in [4.78, 5) is 0. The summed E-state index contributed by atoms with van der Waals surface area (Å²) in [5, 5.41) is 4.11. The van der Waals surface area contributed by atoms with E-state index in [1.807, 2.05) is 56.3 Å². The maximum absolute atomic E-state index is 6.16. The van der Waals surface area contributed by atoms with Crippen molar-refractivity contribution in [3.8, 4) is 5.75 Å². The largest absolute Gasteiger partial charge is 0.491 e.